The van der Waals surface area contributed by atoms with E-state index < -0.39 is 0 Å². The van der Waals surface area contributed by atoms with Gasteiger partial charge < -0.3 is 9.42 Å². The minimum absolute atomic E-state index is 0.0353. The van der Waals surface area contributed by atoms with E-state index in [1.807, 2.05) is 6.92 Å². The fourth-order valence-electron chi connectivity index (χ4n) is 4.43. The maximum absolute atomic E-state index is 13.3. The normalized spacial score (nSPS) is 18.2. The number of hydrogen-bond donors (Lipinski definition) is 0. The molecule has 3 aromatic rings. The molecular weight excluding hydrogens is 413 g/mol. The largest absolute Gasteiger partial charge is 0.351 e. The molecule has 2 aliphatic heterocycles. The predicted molar refractivity (Wildman–Crippen MR) is 112 cm³/mol. The summed E-state index contributed by atoms with van der Waals surface area (Å²) in [4.78, 5) is 38.6. The minimum atomic E-state index is -0.322. The number of anilines is 1. The van der Waals surface area contributed by atoms with Crippen molar-refractivity contribution < 1.29 is 18.5 Å². The number of aryl methyl sites for hydroxylation is 1. The summed E-state index contributed by atoms with van der Waals surface area (Å²) < 4.78 is 18.4. The van der Waals surface area contributed by atoms with Crippen molar-refractivity contribution in [3.05, 3.63) is 70.8 Å². The zero-order chi connectivity index (χ0) is 22.2. The van der Waals surface area contributed by atoms with Crippen LogP contribution in [-0.4, -0.2) is 38.4 Å². The monoisotopic (exact) mass is 435 g/mol. The highest BCUT2D eigenvalue weighted by atomic mass is 19.1. The summed E-state index contributed by atoms with van der Waals surface area (Å²) in [5.74, 6) is 0.671. The molecule has 5 rings (SSSR count). The smallest absolute Gasteiger partial charge is 0.293 e. The molecule has 1 atom stereocenters. The lowest BCUT2D eigenvalue weighted by Gasteiger charge is -2.31. The Morgan fingerprint density at radius 2 is 2.00 bits per heavy atom. The van der Waals surface area contributed by atoms with Crippen LogP contribution < -0.4 is 4.90 Å². The van der Waals surface area contributed by atoms with Gasteiger partial charge in [-0.05, 0) is 43.9 Å². The molecule has 1 aromatic carbocycles. The molecule has 164 valence electrons. The minimum Gasteiger partial charge on any atom is -0.351 e. The Labute approximate surface area is 184 Å². The van der Waals surface area contributed by atoms with Gasteiger partial charge in [-0.1, -0.05) is 17.3 Å². The van der Waals surface area contributed by atoms with E-state index in [4.69, 9.17) is 14.5 Å². The number of hydrogen-bond acceptors (Lipinski definition) is 6. The number of halogens is 1. The van der Waals surface area contributed by atoms with Gasteiger partial charge in [-0.15, -0.1) is 0 Å². The summed E-state index contributed by atoms with van der Waals surface area (Å²) in [5.41, 5.74) is 2.55. The van der Waals surface area contributed by atoms with Crippen LogP contribution in [0.15, 0.2) is 41.1 Å². The van der Waals surface area contributed by atoms with Gasteiger partial charge >= 0.3 is 0 Å². The number of nitrogens with zero attached hydrogens (tertiary/aromatic N) is 5. The topological polar surface area (TPSA) is 92.4 Å². The van der Waals surface area contributed by atoms with Crippen molar-refractivity contribution in [3.8, 4) is 0 Å². The summed E-state index contributed by atoms with van der Waals surface area (Å²) in [7, 11) is 0. The second kappa shape index (κ2) is 8.14. The van der Waals surface area contributed by atoms with E-state index in [1.54, 1.807) is 28.0 Å². The number of amides is 2. The third kappa shape index (κ3) is 3.63. The number of carbonyl (C=O) groups excluding carboxylic acids is 2. The van der Waals surface area contributed by atoms with Gasteiger partial charge in [-0.3, -0.25) is 14.5 Å². The number of carbonyl (C=O) groups is 2. The van der Waals surface area contributed by atoms with Crippen LogP contribution in [0.1, 0.15) is 58.5 Å². The first-order valence-corrected chi connectivity index (χ1v) is 10.6. The number of likely N-dealkylation sites (tertiary alicyclic amines) is 1. The molecule has 32 heavy (non-hydrogen) atoms. The van der Waals surface area contributed by atoms with E-state index in [1.165, 1.54) is 18.3 Å². The SMILES string of the molecule is Cc1nc([C@@H]2CCCN2C(=O)c2ccno2)nc2c1CCC(=O)N2Cc1ccc(F)cc1. The molecular formula is C23H22FN5O3. The lowest BCUT2D eigenvalue weighted by atomic mass is 10.0. The van der Waals surface area contributed by atoms with E-state index in [0.29, 0.717) is 37.6 Å². The van der Waals surface area contributed by atoms with Crippen LogP contribution in [0, 0.1) is 12.7 Å². The Bertz CT molecular complexity index is 1160. The Hall–Kier alpha value is -3.62. The third-order valence-corrected chi connectivity index (χ3v) is 6.07. The second-order valence-corrected chi connectivity index (χ2v) is 8.11. The highest BCUT2D eigenvalue weighted by Crippen LogP contribution is 2.35. The van der Waals surface area contributed by atoms with Gasteiger partial charge in [0.05, 0.1) is 18.8 Å². The van der Waals surface area contributed by atoms with Crippen LogP contribution in [0.25, 0.3) is 0 Å². The van der Waals surface area contributed by atoms with Crippen LogP contribution in [0.5, 0.6) is 0 Å². The molecule has 0 saturated carbocycles. The molecule has 1 fully saturated rings. The molecule has 2 amide bonds. The van der Waals surface area contributed by atoms with Gasteiger partial charge in [-0.2, -0.15) is 0 Å². The molecule has 1 saturated heterocycles. The fourth-order valence-corrected chi connectivity index (χ4v) is 4.43. The van der Waals surface area contributed by atoms with E-state index in [9.17, 15) is 14.0 Å². The first-order chi connectivity index (χ1) is 15.5. The molecule has 0 radical (unpaired) electrons. The molecule has 9 heteroatoms. The van der Waals surface area contributed by atoms with Gasteiger partial charge in [-0.25, -0.2) is 14.4 Å². The molecule has 0 spiro atoms. The van der Waals surface area contributed by atoms with Crippen molar-refractivity contribution in [1.29, 1.82) is 0 Å². The van der Waals surface area contributed by atoms with Crippen LogP contribution in [0.4, 0.5) is 10.2 Å². The average molecular weight is 435 g/mol. The first kappa shape index (κ1) is 20.3. The quantitative estimate of drug-likeness (QED) is 0.624. The first-order valence-electron chi connectivity index (χ1n) is 10.6. The lowest BCUT2D eigenvalue weighted by molar-refractivity contribution is -0.119. The van der Waals surface area contributed by atoms with Crippen LogP contribution in [0.3, 0.4) is 0 Å². The summed E-state index contributed by atoms with van der Waals surface area (Å²) >= 11 is 0. The van der Waals surface area contributed by atoms with E-state index in [-0.39, 0.29) is 29.4 Å². The van der Waals surface area contributed by atoms with E-state index >= 15 is 0 Å². The molecule has 0 N–H and O–H groups in total. The van der Waals surface area contributed by atoms with Crippen molar-refractivity contribution in [2.24, 2.45) is 0 Å². The van der Waals surface area contributed by atoms with Gasteiger partial charge in [0.25, 0.3) is 5.91 Å². The van der Waals surface area contributed by atoms with E-state index in [0.717, 1.165) is 29.7 Å². The second-order valence-electron chi connectivity index (χ2n) is 8.11. The highest BCUT2D eigenvalue weighted by Gasteiger charge is 2.36. The van der Waals surface area contributed by atoms with E-state index in [2.05, 4.69) is 5.16 Å². The summed E-state index contributed by atoms with van der Waals surface area (Å²) in [6.45, 7) is 2.78. The van der Waals surface area contributed by atoms with Crippen LogP contribution in [-0.2, 0) is 17.8 Å². The van der Waals surface area contributed by atoms with Crippen LogP contribution in [0.2, 0.25) is 0 Å². The summed E-state index contributed by atoms with van der Waals surface area (Å²) in [6, 6.07) is 7.34. The predicted octanol–water partition coefficient (Wildman–Crippen LogP) is 3.37. The van der Waals surface area contributed by atoms with Gasteiger partial charge in [0.1, 0.15) is 11.6 Å². The number of aromatic nitrogens is 3. The van der Waals surface area contributed by atoms with Gasteiger partial charge in [0.2, 0.25) is 11.7 Å². The number of rotatable bonds is 4. The van der Waals surface area contributed by atoms with Crippen molar-refractivity contribution in [2.45, 2.75) is 45.2 Å². The number of fused-ring (bicyclic) bond motifs is 1. The van der Waals surface area contributed by atoms with Gasteiger partial charge in [0.15, 0.2) is 5.82 Å². The Kier molecular flexibility index (Phi) is 5.16. The standard InChI is InChI=1S/C23H22FN5O3/c1-14-17-8-9-20(30)29(13-15-4-6-16(24)7-5-15)22(17)27-21(26-14)18-3-2-12-28(18)23(31)19-10-11-25-32-19/h4-7,10-11,18H,2-3,8-9,12-13H2,1H3/t18-/m0/s1. The Balaban J connectivity index is 1.50. The average Bonchev–Trinajstić information content (AvgIpc) is 3.49. The molecule has 2 aliphatic rings. The third-order valence-electron chi connectivity index (χ3n) is 6.07. The molecule has 4 heterocycles. The molecule has 8 nitrogen and oxygen atoms in total. The number of benzene rings is 1. The van der Waals surface area contributed by atoms with Crippen molar-refractivity contribution >= 4 is 17.6 Å². The van der Waals surface area contributed by atoms with Crippen molar-refractivity contribution in [3.63, 3.8) is 0 Å². The summed E-state index contributed by atoms with van der Waals surface area (Å²) in [5, 5.41) is 3.63. The highest BCUT2D eigenvalue weighted by molar-refractivity contribution is 5.95. The Morgan fingerprint density at radius 1 is 1.19 bits per heavy atom. The van der Waals surface area contributed by atoms with Crippen molar-refractivity contribution in [2.75, 3.05) is 11.4 Å². The molecule has 0 aliphatic carbocycles. The maximum Gasteiger partial charge on any atom is 0.293 e. The summed E-state index contributed by atoms with van der Waals surface area (Å²) in [6.07, 6.45) is 3.94. The maximum atomic E-state index is 13.3. The zero-order valence-corrected chi connectivity index (χ0v) is 17.6. The fraction of sp³-hybridized carbons (Fsp3) is 0.348. The Morgan fingerprint density at radius 3 is 2.75 bits per heavy atom. The zero-order valence-electron chi connectivity index (χ0n) is 17.6. The van der Waals surface area contributed by atoms with Crippen molar-refractivity contribution in [1.82, 2.24) is 20.0 Å². The molecule has 2 aromatic heterocycles. The molecule has 0 bridgehead atoms. The van der Waals surface area contributed by atoms with Gasteiger partial charge in [0, 0.05) is 30.3 Å². The molecule has 0 unspecified atom stereocenters. The lowest BCUT2D eigenvalue weighted by Crippen LogP contribution is -2.37. The van der Waals surface area contributed by atoms with Crippen LogP contribution >= 0.6 is 0 Å².